The molecular weight excluding hydrogens is 234 g/mol. The highest BCUT2D eigenvalue weighted by Gasteiger charge is 2.16. The first-order valence-corrected chi connectivity index (χ1v) is 6.65. The molecule has 0 saturated carbocycles. The Hall–Kier alpha value is -2.09. The number of rotatable bonds is 2. The minimum Gasteiger partial charge on any atom is -0.367 e. The molecule has 0 atom stereocenters. The van der Waals surface area contributed by atoms with Gasteiger partial charge in [0.25, 0.3) is 0 Å². The van der Waals surface area contributed by atoms with E-state index in [4.69, 9.17) is 0 Å². The first-order valence-electron chi connectivity index (χ1n) is 6.65. The van der Waals surface area contributed by atoms with Gasteiger partial charge >= 0.3 is 0 Å². The second-order valence-corrected chi connectivity index (χ2v) is 5.10. The number of carbonyl (C=O) groups excluding carboxylic acids is 1. The lowest BCUT2D eigenvalue weighted by atomic mass is 9.99. The number of anilines is 1. The molecule has 2 nitrogen and oxygen atoms in total. The summed E-state index contributed by atoms with van der Waals surface area (Å²) in [6, 6.07) is 14.7. The number of fused-ring (bicyclic) bond motifs is 1. The van der Waals surface area contributed by atoms with Crippen LogP contribution >= 0.6 is 0 Å². The van der Waals surface area contributed by atoms with Crippen molar-refractivity contribution in [2.24, 2.45) is 0 Å². The average Bonchev–Trinajstić information content (AvgIpc) is 2.46. The number of hydrogen-bond acceptors (Lipinski definition) is 2. The van der Waals surface area contributed by atoms with E-state index in [0.717, 1.165) is 36.9 Å². The quantitative estimate of drug-likeness (QED) is 0.763. The van der Waals surface area contributed by atoms with Gasteiger partial charge in [0.1, 0.15) is 6.29 Å². The highest BCUT2D eigenvalue weighted by Crippen LogP contribution is 2.25. The third kappa shape index (κ3) is 2.26. The van der Waals surface area contributed by atoms with E-state index in [2.05, 4.69) is 35.2 Å². The maximum absolute atomic E-state index is 10.9. The first kappa shape index (κ1) is 12.0. The predicted molar refractivity (Wildman–Crippen MR) is 77.8 cm³/mol. The summed E-state index contributed by atoms with van der Waals surface area (Å²) in [4.78, 5) is 13.2. The smallest absolute Gasteiger partial charge is 0.150 e. The van der Waals surface area contributed by atoms with Crippen molar-refractivity contribution < 1.29 is 4.79 Å². The van der Waals surface area contributed by atoms with Gasteiger partial charge in [-0.2, -0.15) is 0 Å². The minimum atomic E-state index is 0.779. The molecule has 0 radical (unpaired) electrons. The van der Waals surface area contributed by atoms with Crippen LogP contribution in [-0.2, 0) is 13.0 Å². The molecule has 2 heteroatoms. The number of hydrogen-bond donors (Lipinski definition) is 0. The Balaban J connectivity index is 1.89. The van der Waals surface area contributed by atoms with E-state index in [1.807, 2.05) is 19.1 Å². The van der Waals surface area contributed by atoms with Gasteiger partial charge in [0, 0.05) is 24.3 Å². The molecule has 19 heavy (non-hydrogen) atoms. The van der Waals surface area contributed by atoms with Crippen molar-refractivity contribution in [1.82, 2.24) is 0 Å². The average molecular weight is 251 g/mol. The molecule has 1 aliphatic heterocycles. The Labute approximate surface area is 113 Å². The molecule has 2 aromatic carbocycles. The van der Waals surface area contributed by atoms with Crippen LogP contribution in [0.4, 0.5) is 5.69 Å². The van der Waals surface area contributed by atoms with Gasteiger partial charge < -0.3 is 4.90 Å². The maximum atomic E-state index is 10.9. The van der Waals surface area contributed by atoms with E-state index in [0.29, 0.717) is 0 Å². The van der Waals surface area contributed by atoms with Gasteiger partial charge in [-0.25, -0.2) is 0 Å². The largest absolute Gasteiger partial charge is 0.367 e. The highest BCUT2D eigenvalue weighted by molar-refractivity contribution is 5.78. The van der Waals surface area contributed by atoms with Crippen molar-refractivity contribution in [3.8, 4) is 0 Å². The normalized spacial score (nSPS) is 14.1. The summed E-state index contributed by atoms with van der Waals surface area (Å²) in [5, 5.41) is 0. The molecule has 0 aromatic heterocycles. The lowest BCUT2D eigenvalue weighted by Gasteiger charge is -2.31. The van der Waals surface area contributed by atoms with E-state index >= 15 is 0 Å². The van der Waals surface area contributed by atoms with Crippen LogP contribution in [-0.4, -0.2) is 12.8 Å². The fourth-order valence-corrected chi connectivity index (χ4v) is 2.70. The Morgan fingerprint density at radius 3 is 2.63 bits per heavy atom. The Morgan fingerprint density at radius 1 is 1.11 bits per heavy atom. The van der Waals surface area contributed by atoms with Crippen molar-refractivity contribution >= 4 is 12.0 Å². The van der Waals surface area contributed by atoms with Crippen LogP contribution in [0.25, 0.3) is 0 Å². The molecule has 96 valence electrons. The van der Waals surface area contributed by atoms with Gasteiger partial charge in [-0.15, -0.1) is 0 Å². The predicted octanol–water partition coefficient (Wildman–Crippen LogP) is 3.37. The van der Waals surface area contributed by atoms with Crippen LogP contribution in [0.5, 0.6) is 0 Å². The molecule has 0 N–H and O–H groups in total. The van der Waals surface area contributed by atoms with E-state index in [-0.39, 0.29) is 0 Å². The molecule has 0 fully saturated rings. The molecule has 0 amide bonds. The third-order valence-corrected chi connectivity index (χ3v) is 3.88. The van der Waals surface area contributed by atoms with E-state index < -0.39 is 0 Å². The first-order chi connectivity index (χ1) is 9.28. The number of aldehydes is 1. The summed E-state index contributed by atoms with van der Waals surface area (Å²) in [5.41, 5.74) is 5.90. The third-order valence-electron chi connectivity index (χ3n) is 3.88. The Morgan fingerprint density at radius 2 is 1.89 bits per heavy atom. The summed E-state index contributed by atoms with van der Waals surface area (Å²) in [7, 11) is 0. The van der Waals surface area contributed by atoms with Gasteiger partial charge in [0.2, 0.25) is 0 Å². The van der Waals surface area contributed by atoms with E-state index in [1.54, 1.807) is 0 Å². The topological polar surface area (TPSA) is 20.3 Å². The number of nitrogens with zero attached hydrogens (tertiary/aromatic N) is 1. The van der Waals surface area contributed by atoms with Gasteiger partial charge in [0.15, 0.2) is 0 Å². The lowest BCUT2D eigenvalue weighted by molar-refractivity contribution is 0.112. The summed E-state index contributed by atoms with van der Waals surface area (Å²) < 4.78 is 0. The van der Waals surface area contributed by atoms with Crippen LogP contribution in [0, 0.1) is 6.92 Å². The van der Waals surface area contributed by atoms with Crippen LogP contribution < -0.4 is 4.90 Å². The van der Waals surface area contributed by atoms with Crippen molar-refractivity contribution in [3.63, 3.8) is 0 Å². The van der Waals surface area contributed by atoms with Crippen molar-refractivity contribution in [2.45, 2.75) is 19.9 Å². The summed E-state index contributed by atoms with van der Waals surface area (Å²) in [6.07, 6.45) is 2.01. The molecule has 2 aromatic rings. The number of benzene rings is 2. The molecule has 0 saturated heterocycles. The molecule has 3 rings (SSSR count). The van der Waals surface area contributed by atoms with Crippen LogP contribution in [0.3, 0.4) is 0 Å². The molecule has 1 aliphatic rings. The molecular formula is C17H17NO. The van der Waals surface area contributed by atoms with Crippen molar-refractivity contribution in [2.75, 3.05) is 11.4 Å². The van der Waals surface area contributed by atoms with Gasteiger partial charge in [0.05, 0.1) is 0 Å². The lowest BCUT2D eigenvalue weighted by Crippen LogP contribution is -2.30. The van der Waals surface area contributed by atoms with Crippen molar-refractivity contribution in [1.29, 1.82) is 0 Å². The fraction of sp³-hybridized carbons (Fsp3) is 0.235. The zero-order valence-corrected chi connectivity index (χ0v) is 11.1. The van der Waals surface area contributed by atoms with Crippen LogP contribution in [0.2, 0.25) is 0 Å². The van der Waals surface area contributed by atoms with Gasteiger partial charge in [-0.3, -0.25) is 4.79 Å². The Kier molecular flexibility index (Phi) is 3.08. The standard InChI is InChI=1S/C17H17NO/c1-13-10-17(7-6-16(13)12-19)18-9-8-14-4-2-3-5-15(14)11-18/h2-7,10,12H,8-9,11H2,1H3. The maximum Gasteiger partial charge on any atom is 0.150 e. The molecule has 0 unspecified atom stereocenters. The fourth-order valence-electron chi connectivity index (χ4n) is 2.70. The van der Waals surface area contributed by atoms with Crippen molar-refractivity contribution in [3.05, 3.63) is 64.7 Å². The number of carbonyl (C=O) groups is 1. The highest BCUT2D eigenvalue weighted by atomic mass is 16.1. The second kappa shape index (κ2) is 4.88. The van der Waals surface area contributed by atoms with Crippen LogP contribution in [0.1, 0.15) is 27.0 Å². The van der Waals surface area contributed by atoms with E-state index in [1.165, 1.54) is 16.8 Å². The second-order valence-electron chi connectivity index (χ2n) is 5.10. The zero-order valence-electron chi connectivity index (χ0n) is 11.1. The van der Waals surface area contributed by atoms with Crippen LogP contribution in [0.15, 0.2) is 42.5 Å². The monoisotopic (exact) mass is 251 g/mol. The zero-order chi connectivity index (χ0) is 13.2. The van der Waals surface area contributed by atoms with E-state index in [9.17, 15) is 4.79 Å². The summed E-state index contributed by atoms with van der Waals surface area (Å²) in [6.45, 7) is 3.98. The SMILES string of the molecule is Cc1cc(N2CCc3ccccc3C2)ccc1C=O. The molecule has 0 bridgehead atoms. The Bertz CT molecular complexity index is 618. The summed E-state index contributed by atoms with van der Waals surface area (Å²) in [5.74, 6) is 0. The molecule has 0 aliphatic carbocycles. The summed E-state index contributed by atoms with van der Waals surface area (Å²) >= 11 is 0. The molecule has 0 spiro atoms. The number of aryl methyl sites for hydroxylation is 1. The van der Waals surface area contributed by atoms with Gasteiger partial charge in [-0.05, 0) is 48.2 Å². The van der Waals surface area contributed by atoms with Gasteiger partial charge in [-0.1, -0.05) is 24.3 Å². The minimum absolute atomic E-state index is 0.779. The molecule has 1 heterocycles.